The first kappa shape index (κ1) is 9.97. The molecule has 1 aliphatic rings. The van der Waals surface area contributed by atoms with Gasteiger partial charge in [0, 0.05) is 4.47 Å². The average Bonchev–Trinajstić information content (AvgIpc) is 2.17. The van der Waals surface area contributed by atoms with Gasteiger partial charge in [-0.1, -0.05) is 15.9 Å². The summed E-state index contributed by atoms with van der Waals surface area (Å²) < 4.78 is 0.767. The van der Waals surface area contributed by atoms with Crippen LogP contribution in [0, 0.1) is 0 Å². The SMILES string of the molecule is O=C1CN(C(=O)O)c2cc(Br)ccc2N1. The standard InChI is InChI=1S/C9H7BrN2O3/c10-5-1-2-6-7(3-5)12(9(14)15)4-8(13)11-6/h1-3H,4H2,(H,11,13)(H,14,15). The first-order valence-electron chi connectivity index (χ1n) is 4.18. The molecule has 1 aromatic carbocycles. The summed E-state index contributed by atoms with van der Waals surface area (Å²) in [6.45, 7) is -0.168. The van der Waals surface area contributed by atoms with E-state index in [2.05, 4.69) is 21.2 Å². The van der Waals surface area contributed by atoms with Crippen LogP contribution in [0.25, 0.3) is 0 Å². The number of nitrogens with zero attached hydrogens (tertiary/aromatic N) is 1. The Morgan fingerprint density at radius 2 is 2.27 bits per heavy atom. The topological polar surface area (TPSA) is 69.6 Å². The maximum Gasteiger partial charge on any atom is 0.412 e. The number of carbonyl (C=O) groups excluding carboxylic acids is 1. The second-order valence-electron chi connectivity index (χ2n) is 3.08. The van der Waals surface area contributed by atoms with Gasteiger partial charge in [-0.05, 0) is 18.2 Å². The van der Waals surface area contributed by atoms with Crippen molar-refractivity contribution in [3.8, 4) is 0 Å². The van der Waals surface area contributed by atoms with Crippen LogP contribution in [0.15, 0.2) is 22.7 Å². The van der Waals surface area contributed by atoms with Crippen molar-refractivity contribution in [1.29, 1.82) is 0 Å². The predicted molar refractivity (Wildman–Crippen MR) is 58.1 cm³/mol. The number of benzene rings is 1. The predicted octanol–water partition coefficient (Wildman–Crippen LogP) is 1.89. The van der Waals surface area contributed by atoms with E-state index in [1.165, 1.54) is 0 Å². The molecule has 0 atom stereocenters. The van der Waals surface area contributed by atoms with Gasteiger partial charge in [-0.3, -0.25) is 9.69 Å². The van der Waals surface area contributed by atoms with Gasteiger partial charge < -0.3 is 10.4 Å². The highest BCUT2D eigenvalue weighted by atomic mass is 79.9. The van der Waals surface area contributed by atoms with Crippen LogP contribution in [-0.4, -0.2) is 23.7 Å². The van der Waals surface area contributed by atoms with E-state index < -0.39 is 6.09 Å². The van der Waals surface area contributed by atoms with Gasteiger partial charge in [0.2, 0.25) is 5.91 Å². The molecule has 15 heavy (non-hydrogen) atoms. The van der Waals surface area contributed by atoms with E-state index in [1.807, 2.05) is 0 Å². The maximum atomic E-state index is 11.2. The summed E-state index contributed by atoms with van der Waals surface area (Å²) in [5, 5.41) is 11.5. The fourth-order valence-corrected chi connectivity index (χ4v) is 1.77. The average molecular weight is 271 g/mol. The summed E-state index contributed by atoms with van der Waals surface area (Å²) in [6, 6.07) is 5.06. The van der Waals surface area contributed by atoms with Gasteiger partial charge in [-0.2, -0.15) is 0 Å². The van der Waals surface area contributed by atoms with Gasteiger partial charge in [-0.25, -0.2) is 4.79 Å². The lowest BCUT2D eigenvalue weighted by Crippen LogP contribution is -2.41. The molecule has 1 aliphatic heterocycles. The number of carboxylic acid groups (broad SMARTS) is 1. The zero-order valence-corrected chi connectivity index (χ0v) is 9.11. The highest BCUT2D eigenvalue weighted by Crippen LogP contribution is 2.32. The Balaban J connectivity index is 2.52. The number of halogens is 1. The molecule has 78 valence electrons. The van der Waals surface area contributed by atoms with E-state index in [4.69, 9.17) is 5.11 Å². The molecule has 0 radical (unpaired) electrons. The number of nitrogens with one attached hydrogen (secondary N) is 1. The molecule has 0 aromatic heterocycles. The van der Waals surface area contributed by atoms with Crippen molar-refractivity contribution in [2.45, 2.75) is 0 Å². The lowest BCUT2D eigenvalue weighted by molar-refractivity contribution is -0.115. The summed E-state index contributed by atoms with van der Waals surface area (Å²) in [6.07, 6.45) is -1.13. The molecule has 6 heteroatoms. The van der Waals surface area contributed by atoms with E-state index in [-0.39, 0.29) is 12.5 Å². The molecule has 0 fully saturated rings. The number of rotatable bonds is 0. The number of carbonyl (C=O) groups is 2. The second-order valence-corrected chi connectivity index (χ2v) is 3.99. The van der Waals surface area contributed by atoms with Crippen molar-refractivity contribution >= 4 is 39.3 Å². The minimum atomic E-state index is -1.13. The number of hydrogen-bond donors (Lipinski definition) is 2. The van der Waals surface area contributed by atoms with Crippen molar-refractivity contribution in [1.82, 2.24) is 0 Å². The van der Waals surface area contributed by atoms with Crippen LogP contribution >= 0.6 is 15.9 Å². The van der Waals surface area contributed by atoms with Crippen molar-refractivity contribution in [3.05, 3.63) is 22.7 Å². The number of amides is 2. The molecule has 5 nitrogen and oxygen atoms in total. The number of anilines is 2. The normalized spacial score (nSPS) is 14.5. The number of fused-ring (bicyclic) bond motifs is 1. The Morgan fingerprint density at radius 1 is 1.53 bits per heavy atom. The number of hydrogen-bond acceptors (Lipinski definition) is 2. The Hall–Kier alpha value is -1.56. The second kappa shape index (κ2) is 3.54. The van der Waals surface area contributed by atoms with Crippen molar-refractivity contribution in [2.75, 3.05) is 16.8 Å². The maximum absolute atomic E-state index is 11.2. The quantitative estimate of drug-likeness (QED) is 0.757. The highest BCUT2D eigenvalue weighted by molar-refractivity contribution is 9.10. The molecular formula is C9H7BrN2O3. The van der Waals surface area contributed by atoms with Gasteiger partial charge in [0.25, 0.3) is 0 Å². The molecule has 0 saturated carbocycles. The highest BCUT2D eigenvalue weighted by Gasteiger charge is 2.26. The van der Waals surface area contributed by atoms with E-state index in [9.17, 15) is 9.59 Å². The fourth-order valence-electron chi connectivity index (χ4n) is 1.42. The van der Waals surface area contributed by atoms with Crippen LogP contribution in [0.4, 0.5) is 16.2 Å². The first-order valence-corrected chi connectivity index (χ1v) is 4.97. The van der Waals surface area contributed by atoms with E-state index >= 15 is 0 Å². The van der Waals surface area contributed by atoms with Gasteiger partial charge in [0.15, 0.2) is 0 Å². The molecule has 0 bridgehead atoms. The van der Waals surface area contributed by atoms with Crippen LogP contribution in [-0.2, 0) is 4.79 Å². The monoisotopic (exact) mass is 270 g/mol. The molecule has 2 rings (SSSR count). The Labute approximate surface area is 93.8 Å². The van der Waals surface area contributed by atoms with Gasteiger partial charge in [0.1, 0.15) is 6.54 Å². The fraction of sp³-hybridized carbons (Fsp3) is 0.111. The lowest BCUT2D eigenvalue weighted by Gasteiger charge is -2.26. The third kappa shape index (κ3) is 1.80. The molecule has 2 N–H and O–H groups in total. The largest absolute Gasteiger partial charge is 0.465 e. The third-order valence-corrected chi connectivity index (χ3v) is 2.55. The van der Waals surface area contributed by atoms with Gasteiger partial charge in [0.05, 0.1) is 11.4 Å². The third-order valence-electron chi connectivity index (χ3n) is 2.06. The summed E-state index contributed by atoms with van der Waals surface area (Å²) in [7, 11) is 0. The van der Waals surface area contributed by atoms with Crippen LogP contribution < -0.4 is 10.2 Å². The Morgan fingerprint density at radius 3 is 2.93 bits per heavy atom. The molecule has 1 heterocycles. The molecule has 2 amide bonds. The van der Waals surface area contributed by atoms with Crippen LogP contribution in [0.1, 0.15) is 0 Å². The van der Waals surface area contributed by atoms with E-state index in [0.29, 0.717) is 11.4 Å². The summed E-state index contributed by atoms with van der Waals surface area (Å²) in [4.78, 5) is 23.1. The summed E-state index contributed by atoms with van der Waals surface area (Å²) in [5.74, 6) is -0.327. The van der Waals surface area contributed by atoms with Gasteiger partial charge >= 0.3 is 6.09 Å². The van der Waals surface area contributed by atoms with E-state index in [1.54, 1.807) is 18.2 Å². The zero-order chi connectivity index (χ0) is 11.0. The molecule has 0 spiro atoms. The van der Waals surface area contributed by atoms with Crippen LogP contribution in [0.5, 0.6) is 0 Å². The summed E-state index contributed by atoms with van der Waals surface area (Å²) >= 11 is 3.25. The Bertz CT molecular complexity index is 447. The van der Waals surface area contributed by atoms with Gasteiger partial charge in [-0.15, -0.1) is 0 Å². The minimum Gasteiger partial charge on any atom is -0.465 e. The van der Waals surface area contributed by atoms with Crippen molar-refractivity contribution in [3.63, 3.8) is 0 Å². The Kier molecular flexibility index (Phi) is 2.36. The van der Waals surface area contributed by atoms with Crippen molar-refractivity contribution < 1.29 is 14.7 Å². The lowest BCUT2D eigenvalue weighted by atomic mass is 10.2. The molecular weight excluding hydrogens is 264 g/mol. The molecule has 1 aromatic rings. The molecule has 0 aliphatic carbocycles. The van der Waals surface area contributed by atoms with Crippen LogP contribution in [0.2, 0.25) is 0 Å². The molecule has 0 unspecified atom stereocenters. The molecule has 0 saturated heterocycles. The first-order chi connectivity index (χ1) is 7.08. The minimum absolute atomic E-state index is 0.168. The summed E-state index contributed by atoms with van der Waals surface area (Å²) in [5.41, 5.74) is 0.994. The van der Waals surface area contributed by atoms with Crippen molar-refractivity contribution in [2.24, 2.45) is 0 Å². The zero-order valence-electron chi connectivity index (χ0n) is 7.53. The van der Waals surface area contributed by atoms with E-state index in [0.717, 1.165) is 9.37 Å². The smallest absolute Gasteiger partial charge is 0.412 e. The van der Waals surface area contributed by atoms with Crippen LogP contribution in [0.3, 0.4) is 0 Å².